The van der Waals surface area contributed by atoms with E-state index in [-0.39, 0.29) is 0 Å². The second kappa shape index (κ2) is 6.46. The van der Waals surface area contributed by atoms with Crippen LogP contribution in [0.15, 0.2) is 24.3 Å². The van der Waals surface area contributed by atoms with E-state index in [1.54, 1.807) is 0 Å². The smallest absolute Gasteiger partial charge is 0.137 e. The zero-order chi connectivity index (χ0) is 12.1. The molecule has 3 heteroatoms. The Labute approximate surface area is 112 Å². The molecule has 0 atom stereocenters. The van der Waals surface area contributed by atoms with Crippen molar-refractivity contribution in [3.05, 3.63) is 34.9 Å². The van der Waals surface area contributed by atoms with E-state index >= 15 is 0 Å². The van der Waals surface area contributed by atoms with Crippen LogP contribution in [0.4, 0.5) is 0 Å². The third-order valence-corrected chi connectivity index (χ3v) is 4.47. The van der Waals surface area contributed by atoms with Crippen LogP contribution in [0.1, 0.15) is 24.8 Å². The standard InChI is InChI=1S/C14H17ClOS/c15-13-3-1-11(2-4-13)9-14(16)10-12-5-7-17-8-6-12/h1-4,12H,5-10H2. The van der Waals surface area contributed by atoms with Gasteiger partial charge in [-0.05, 0) is 48.0 Å². The fourth-order valence-corrected chi connectivity index (χ4v) is 3.50. The van der Waals surface area contributed by atoms with Gasteiger partial charge in [-0.1, -0.05) is 23.7 Å². The fourth-order valence-electron chi connectivity index (χ4n) is 2.17. The Morgan fingerprint density at radius 2 is 1.88 bits per heavy atom. The molecule has 0 radical (unpaired) electrons. The van der Waals surface area contributed by atoms with Crippen LogP contribution in [0.25, 0.3) is 0 Å². The van der Waals surface area contributed by atoms with Crippen LogP contribution < -0.4 is 0 Å². The first-order valence-corrected chi connectivity index (χ1v) is 7.61. The number of hydrogen-bond acceptors (Lipinski definition) is 2. The predicted octanol–water partition coefficient (Wildman–Crippen LogP) is 3.98. The van der Waals surface area contributed by atoms with Crippen molar-refractivity contribution in [3.8, 4) is 0 Å². The van der Waals surface area contributed by atoms with E-state index in [0.717, 1.165) is 17.0 Å². The number of Topliss-reactive ketones (excluding diaryl/α,β-unsaturated/α-hetero) is 1. The molecule has 0 aliphatic carbocycles. The van der Waals surface area contributed by atoms with Crippen molar-refractivity contribution in [3.63, 3.8) is 0 Å². The van der Waals surface area contributed by atoms with Crippen molar-refractivity contribution in [1.82, 2.24) is 0 Å². The van der Waals surface area contributed by atoms with E-state index in [4.69, 9.17) is 11.6 Å². The molecule has 1 fully saturated rings. The molecule has 0 saturated carbocycles. The maximum atomic E-state index is 11.9. The van der Waals surface area contributed by atoms with Gasteiger partial charge in [0.2, 0.25) is 0 Å². The first kappa shape index (κ1) is 13.0. The number of thioether (sulfide) groups is 1. The lowest BCUT2D eigenvalue weighted by molar-refractivity contribution is -0.119. The van der Waals surface area contributed by atoms with Gasteiger partial charge in [0.05, 0.1) is 0 Å². The third-order valence-electron chi connectivity index (χ3n) is 3.17. The summed E-state index contributed by atoms with van der Waals surface area (Å²) in [6.07, 6.45) is 3.72. The van der Waals surface area contributed by atoms with Gasteiger partial charge >= 0.3 is 0 Å². The molecule has 1 aromatic carbocycles. The summed E-state index contributed by atoms with van der Waals surface area (Å²) in [4.78, 5) is 11.9. The first-order chi connectivity index (χ1) is 8.24. The van der Waals surface area contributed by atoms with Crippen molar-refractivity contribution < 1.29 is 4.79 Å². The van der Waals surface area contributed by atoms with Crippen molar-refractivity contribution in [2.75, 3.05) is 11.5 Å². The highest BCUT2D eigenvalue weighted by molar-refractivity contribution is 7.99. The van der Waals surface area contributed by atoms with Crippen molar-refractivity contribution >= 4 is 29.1 Å². The monoisotopic (exact) mass is 268 g/mol. The van der Waals surface area contributed by atoms with Crippen molar-refractivity contribution in [1.29, 1.82) is 0 Å². The average Bonchev–Trinajstić information content (AvgIpc) is 2.33. The van der Waals surface area contributed by atoms with Gasteiger partial charge in [-0.3, -0.25) is 4.79 Å². The lowest BCUT2D eigenvalue weighted by Gasteiger charge is -2.20. The van der Waals surface area contributed by atoms with E-state index in [2.05, 4.69) is 0 Å². The second-order valence-corrected chi connectivity index (χ2v) is 6.26. The average molecular weight is 269 g/mol. The van der Waals surface area contributed by atoms with E-state index in [0.29, 0.717) is 18.1 Å². The quantitative estimate of drug-likeness (QED) is 0.822. The highest BCUT2D eigenvalue weighted by Crippen LogP contribution is 2.25. The molecule has 0 spiro atoms. The molecule has 0 N–H and O–H groups in total. The molecular formula is C14H17ClOS. The van der Waals surface area contributed by atoms with Crippen molar-refractivity contribution in [2.24, 2.45) is 5.92 Å². The summed E-state index contributed by atoms with van der Waals surface area (Å²) in [5.74, 6) is 3.43. The fraction of sp³-hybridized carbons (Fsp3) is 0.500. The van der Waals surface area contributed by atoms with Gasteiger partial charge < -0.3 is 0 Å². The molecule has 92 valence electrons. The molecule has 0 amide bonds. The Morgan fingerprint density at radius 1 is 1.24 bits per heavy atom. The van der Waals surface area contributed by atoms with Crippen LogP contribution in [-0.4, -0.2) is 17.3 Å². The summed E-state index contributed by atoms with van der Waals surface area (Å²) in [5.41, 5.74) is 1.07. The van der Waals surface area contributed by atoms with Gasteiger partial charge in [-0.15, -0.1) is 0 Å². The summed E-state index contributed by atoms with van der Waals surface area (Å²) in [7, 11) is 0. The van der Waals surface area contributed by atoms with Gasteiger partial charge in [0.15, 0.2) is 0 Å². The van der Waals surface area contributed by atoms with Crippen LogP contribution in [0.2, 0.25) is 5.02 Å². The first-order valence-electron chi connectivity index (χ1n) is 6.08. The summed E-state index contributed by atoms with van der Waals surface area (Å²) in [6.45, 7) is 0. The van der Waals surface area contributed by atoms with E-state index in [1.165, 1.54) is 24.3 Å². The molecule has 1 nitrogen and oxygen atoms in total. The molecule has 1 saturated heterocycles. The molecule has 1 aliphatic rings. The summed E-state index contributed by atoms with van der Waals surface area (Å²) < 4.78 is 0. The van der Waals surface area contributed by atoms with Crippen LogP contribution in [0.5, 0.6) is 0 Å². The maximum absolute atomic E-state index is 11.9. The summed E-state index contributed by atoms with van der Waals surface area (Å²) in [6, 6.07) is 7.58. The van der Waals surface area contributed by atoms with Gasteiger partial charge in [0.25, 0.3) is 0 Å². The number of halogens is 1. The van der Waals surface area contributed by atoms with Gasteiger partial charge in [0.1, 0.15) is 5.78 Å². The Morgan fingerprint density at radius 3 is 2.53 bits per heavy atom. The van der Waals surface area contributed by atoms with E-state index in [9.17, 15) is 4.79 Å². The second-order valence-electron chi connectivity index (χ2n) is 4.60. The Kier molecular flexibility index (Phi) is 4.93. The Bertz CT molecular complexity index is 368. The molecule has 1 aromatic rings. The molecular weight excluding hydrogens is 252 g/mol. The van der Waals surface area contributed by atoms with E-state index < -0.39 is 0 Å². The zero-order valence-electron chi connectivity index (χ0n) is 9.82. The molecule has 0 bridgehead atoms. The van der Waals surface area contributed by atoms with Gasteiger partial charge in [0, 0.05) is 17.9 Å². The molecule has 1 aliphatic heterocycles. The largest absolute Gasteiger partial charge is 0.299 e. The topological polar surface area (TPSA) is 17.1 Å². The number of benzene rings is 1. The lowest BCUT2D eigenvalue weighted by Crippen LogP contribution is -2.15. The SMILES string of the molecule is O=C(Cc1ccc(Cl)cc1)CC1CCSCC1. The minimum Gasteiger partial charge on any atom is -0.299 e. The third kappa shape index (κ3) is 4.36. The molecule has 0 unspecified atom stereocenters. The number of hydrogen-bond donors (Lipinski definition) is 0. The highest BCUT2D eigenvalue weighted by Gasteiger charge is 2.17. The maximum Gasteiger partial charge on any atom is 0.137 e. The Hall–Kier alpha value is -0.470. The summed E-state index contributed by atoms with van der Waals surface area (Å²) >= 11 is 7.82. The van der Waals surface area contributed by atoms with Crippen LogP contribution in [0.3, 0.4) is 0 Å². The molecule has 0 aromatic heterocycles. The minimum absolute atomic E-state index is 0.365. The predicted molar refractivity (Wildman–Crippen MR) is 74.8 cm³/mol. The minimum atomic E-state index is 0.365. The molecule has 1 heterocycles. The van der Waals surface area contributed by atoms with Gasteiger partial charge in [-0.25, -0.2) is 0 Å². The highest BCUT2D eigenvalue weighted by atomic mass is 35.5. The lowest BCUT2D eigenvalue weighted by atomic mass is 9.94. The van der Waals surface area contributed by atoms with Crippen LogP contribution >= 0.6 is 23.4 Å². The Balaban J connectivity index is 1.82. The number of carbonyl (C=O) groups excluding carboxylic acids is 1. The number of rotatable bonds is 4. The molecule has 2 rings (SSSR count). The van der Waals surface area contributed by atoms with Crippen LogP contribution in [0, 0.1) is 5.92 Å². The normalized spacial score (nSPS) is 17.0. The van der Waals surface area contributed by atoms with Crippen molar-refractivity contribution in [2.45, 2.75) is 25.7 Å². The number of ketones is 1. The zero-order valence-corrected chi connectivity index (χ0v) is 11.4. The molecule has 17 heavy (non-hydrogen) atoms. The van der Waals surface area contributed by atoms with Crippen LogP contribution in [-0.2, 0) is 11.2 Å². The summed E-state index contributed by atoms with van der Waals surface area (Å²) in [5, 5.41) is 0.727. The van der Waals surface area contributed by atoms with Gasteiger partial charge in [-0.2, -0.15) is 11.8 Å². The number of carbonyl (C=O) groups is 1. The van der Waals surface area contributed by atoms with E-state index in [1.807, 2.05) is 36.0 Å².